The molecule has 0 radical (unpaired) electrons. The van der Waals surface area contributed by atoms with Crippen LogP contribution in [0.25, 0.3) is 11.1 Å². The highest BCUT2D eigenvalue weighted by Crippen LogP contribution is 2.37. The smallest absolute Gasteiger partial charge is 0.0670 e. The van der Waals surface area contributed by atoms with Crippen LogP contribution in [0.4, 0.5) is 5.69 Å². The van der Waals surface area contributed by atoms with Crippen LogP contribution in [0.1, 0.15) is 17.2 Å². The molecule has 2 nitrogen and oxygen atoms in total. The van der Waals surface area contributed by atoms with Crippen LogP contribution in [0.2, 0.25) is 15.1 Å². The Hall–Kier alpha value is -2.49. The molecule has 1 fully saturated rings. The minimum atomic E-state index is 0.155. The lowest BCUT2D eigenvalue weighted by atomic mass is 9.99. The average molecular weight is 508 g/mol. The van der Waals surface area contributed by atoms with Crippen molar-refractivity contribution in [3.05, 3.63) is 123 Å². The average Bonchev–Trinajstić information content (AvgIpc) is 2.86. The van der Waals surface area contributed by atoms with E-state index in [0.29, 0.717) is 10.0 Å². The first-order chi connectivity index (χ1) is 16.6. The number of rotatable bonds is 5. The largest absolute Gasteiger partial charge is 0.361 e. The topological polar surface area (TPSA) is 6.48 Å². The number of benzene rings is 4. The molecule has 0 N–H and O–H groups in total. The lowest BCUT2D eigenvalue weighted by Gasteiger charge is -2.43. The first-order valence-electron chi connectivity index (χ1n) is 11.4. The summed E-state index contributed by atoms with van der Waals surface area (Å²) in [5.74, 6) is 0. The summed E-state index contributed by atoms with van der Waals surface area (Å²) in [6.07, 6.45) is 0. The van der Waals surface area contributed by atoms with Crippen molar-refractivity contribution in [3.8, 4) is 11.1 Å². The van der Waals surface area contributed by atoms with E-state index in [-0.39, 0.29) is 6.04 Å². The Morgan fingerprint density at radius 2 is 1.41 bits per heavy atom. The van der Waals surface area contributed by atoms with Crippen LogP contribution >= 0.6 is 34.8 Å². The summed E-state index contributed by atoms with van der Waals surface area (Å²) in [6.45, 7) is 3.59. The van der Waals surface area contributed by atoms with Crippen molar-refractivity contribution < 1.29 is 0 Å². The molecule has 172 valence electrons. The van der Waals surface area contributed by atoms with E-state index < -0.39 is 0 Å². The number of piperazine rings is 1. The molecule has 1 aliphatic rings. The second-order valence-corrected chi connectivity index (χ2v) is 9.94. The number of hydrogen-bond acceptors (Lipinski definition) is 2. The summed E-state index contributed by atoms with van der Waals surface area (Å²) in [5, 5.41) is 2.06. The Morgan fingerprint density at radius 3 is 2.18 bits per heavy atom. The summed E-state index contributed by atoms with van der Waals surface area (Å²) in [5.41, 5.74) is 6.04. The van der Waals surface area contributed by atoms with Gasteiger partial charge in [-0.1, -0.05) is 95.5 Å². The SMILES string of the molecule is Clc1ccc(C2CN(Cc3cccc(-c4ccccc4)c3)CCN2c2ccc(Cl)cc2Cl)cc1. The fraction of sp³-hybridized carbons (Fsp3) is 0.172. The van der Waals surface area contributed by atoms with E-state index in [1.54, 1.807) is 0 Å². The van der Waals surface area contributed by atoms with Crippen molar-refractivity contribution in [3.63, 3.8) is 0 Å². The number of halogens is 3. The quantitative estimate of drug-likeness (QED) is 0.268. The molecule has 1 heterocycles. The van der Waals surface area contributed by atoms with Crippen LogP contribution in [0.15, 0.2) is 97.1 Å². The zero-order valence-electron chi connectivity index (χ0n) is 18.7. The highest BCUT2D eigenvalue weighted by molar-refractivity contribution is 6.36. The van der Waals surface area contributed by atoms with E-state index in [2.05, 4.69) is 76.5 Å². The third-order valence-electron chi connectivity index (χ3n) is 6.38. The summed E-state index contributed by atoms with van der Waals surface area (Å²) in [6, 6.07) is 33.4. The zero-order valence-corrected chi connectivity index (χ0v) is 20.9. The summed E-state index contributed by atoms with van der Waals surface area (Å²) in [7, 11) is 0. The molecule has 0 saturated carbocycles. The number of hydrogen-bond donors (Lipinski definition) is 0. The fourth-order valence-electron chi connectivity index (χ4n) is 4.69. The summed E-state index contributed by atoms with van der Waals surface area (Å²) in [4.78, 5) is 4.91. The number of anilines is 1. The Balaban J connectivity index is 1.41. The lowest BCUT2D eigenvalue weighted by Crippen LogP contribution is -2.48. The summed E-state index contributed by atoms with van der Waals surface area (Å²) < 4.78 is 0. The second kappa shape index (κ2) is 10.4. The fourth-order valence-corrected chi connectivity index (χ4v) is 5.34. The molecular formula is C29H25Cl3N2. The van der Waals surface area contributed by atoms with Gasteiger partial charge in [-0.3, -0.25) is 4.90 Å². The van der Waals surface area contributed by atoms with E-state index >= 15 is 0 Å². The Labute approximate surface area is 216 Å². The molecule has 5 rings (SSSR count). The highest BCUT2D eigenvalue weighted by Gasteiger charge is 2.29. The molecule has 4 aromatic rings. The standard InChI is InChI=1S/C29H25Cl3N2/c30-25-11-9-23(10-12-25)29-20-33(15-16-34(29)28-14-13-26(31)18-27(28)32)19-21-5-4-8-24(17-21)22-6-2-1-3-7-22/h1-14,17-18,29H,15-16,19-20H2. The van der Waals surface area contributed by atoms with Gasteiger partial charge in [0.1, 0.15) is 0 Å². The van der Waals surface area contributed by atoms with E-state index in [9.17, 15) is 0 Å². The molecule has 1 unspecified atom stereocenters. The van der Waals surface area contributed by atoms with Gasteiger partial charge in [0.25, 0.3) is 0 Å². The lowest BCUT2D eigenvalue weighted by molar-refractivity contribution is 0.215. The van der Waals surface area contributed by atoms with Crippen LogP contribution in [0, 0.1) is 0 Å². The first-order valence-corrected chi connectivity index (χ1v) is 12.5. The molecule has 1 aliphatic heterocycles. The maximum atomic E-state index is 6.62. The minimum Gasteiger partial charge on any atom is -0.361 e. The van der Waals surface area contributed by atoms with Gasteiger partial charge in [0.05, 0.1) is 16.8 Å². The predicted molar refractivity (Wildman–Crippen MR) is 145 cm³/mol. The molecule has 0 amide bonds. The van der Waals surface area contributed by atoms with E-state index in [0.717, 1.165) is 36.9 Å². The van der Waals surface area contributed by atoms with Crippen molar-refractivity contribution in [1.82, 2.24) is 4.90 Å². The van der Waals surface area contributed by atoms with Crippen LogP contribution in [-0.4, -0.2) is 24.5 Å². The molecule has 1 atom stereocenters. The molecule has 5 heteroatoms. The first kappa shape index (κ1) is 23.3. The Bertz CT molecular complexity index is 1260. The van der Waals surface area contributed by atoms with Gasteiger partial charge in [0.2, 0.25) is 0 Å². The van der Waals surface area contributed by atoms with Crippen LogP contribution < -0.4 is 4.90 Å². The highest BCUT2D eigenvalue weighted by atomic mass is 35.5. The van der Waals surface area contributed by atoms with Gasteiger partial charge in [-0.15, -0.1) is 0 Å². The van der Waals surface area contributed by atoms with Crippen molar-refractivity contribution in [2.75, 3.05) is 24.5 Å². The van der Waals surface area contributed by atoms with Gasteiger partial charge in [-0.25, -0.2) is 0 Å². The maximum absolute atomic E-state index is 6.62. The summed E-state index contributed by atoms with van der Waals surface area (Å²) >= 11 is 19.0. The van der Waals surface area contributed by atoms with E-state index in [4.69, 9.17) is 34.8 Å². The van der Waals surface area contributed by atoms with Gasteiger partial charge >= 0.3 is 0 Å². The second-order valence-electron chi connectivity index (χ2n) is 8.66. The predicted octanol–water partition coefficient (Wildman–Crippen LogP) is 8.38. The maximum Gasteiger partial charge on any atom is 0.0670 e. The third-order valence-corrected chi connectivity index (χ3v) is 7.17. The monoisotopic (exact) mass is 506 g/mol. The molecule has 0 aromatic heterocycles. The molecule has 34 heavy (non-hydrogen) atoms. The van der Waals surface area contributed by atoms with Crippen molar-refractivity contribution >= 4 is 40.5 Å². The van der Waals surface area contributed by atoms with Crippen molar-refractivity contribution in [1.29, 1.82) is 0 Å². The van der Waals surface area contributed by atoms with E-state index in [1.807, 2.05) is 30.3 Å². The third kappa shape index (κ3) is 5.26. The molecule has 0 bridgehead atoms. The zero-order chi connectivity index (χ0) is 23.5. The van der Waals surface area contributed by atoms with Crippen molar-refractivity contribution in [2.45, 2.75) is 12.6 Å². The molecular weight excluding hydrogens is 483 g/mol. The number of nitrogens with zero attached hydrogens (tertiary/aromatic N) is 2. The van der Waals surface area contributed by atoms with Crippen LogP contribution in [0.5, 0.6) is 0 Å². The van der Waals surface area contributed by atoms with Gasteiger partial charge in [0.15, 0.2) is 0 Å². The molecule has 1 saturated heterocycles. The molecule has 4 aromatic carbocycles. The molecule has 0 spiro atoms. The molecule has 0 aliphatic carbocycles. The van der Waals surface area contributed by atoms with Gasteiger partial charge in [0, 0.05) is 36.2 Å². The van der Waals surface area contributed by atoms with Crippen LogP contribution in [0.3, 0.4) is 0 Å². The normalized spacial score (nSPS) is 16.6. The van der Waals surface area contributed by atoms with Crippen molar-refractivity contribution in [2.24, 2.45) is 0 Å². The van der Waals surface area contributed by atoms with Gasteiger partial charge in [-0.05, 0) is 58.7 Å². The van der Waals surface area contributed by atoms with Gasteiger partial charge in [-0.2, -0.15) is 0 Å². The Kier molecular flexibility index (Phi) is 7.12. The Morgan fingerprint density at radius 1 is 0.676 bits per heavy atom. The van der Waals surface area contributed by atoms with E-state index in [1.165, 1.54) is 22.3 Å². The minimum absolute atomic E-state index is 0.155. The van der Waals surface area contributed by atoms with Crippen LogP contribution in [-0.2, 0) is 6.54 Å². The van der Waals surface area contributed by atoms with Gasteiger partial charge < -0.3 is 4.90 Å².